The van der Waals surface area contributed by atoms with E-state index in [0.29, 0.717) is 12.1 Å². The summed E-state index contributed by atoms with van der Waals surface area (Å²) in [7, 11) is 0. The van der Waals surface area contributed by atoms with E-state index < -0.39 is 0 Å². The Kier molecular flexibility index (Phi) is 6.36. The monoisotopic (exact) mass is 337 g/mol. The summed E-state index contributed by atoms with van der Waals surface area (Å²) in [4.78, 5) is 12.4. The van der Waals surface area contributed by atoms with Gasteiger partial charge in [0.15, 0.2) is 0 Å². The highest BCUT2D eigenvalue weighted by Crippen LogP contribution is 2.40. The van der Waals surface area contributed by atoms with E-state index in [2.05, 4.69) is 40.4 Å². The topological polar surface area (TPSA) is 77.2 Å². The molecule has 24 heavy (non-hydrogen) atoms. The zero-order chi connectivity index (χ0) is 16.9. The summed E-state index contributed by atoms with van der Waals surface area (Å²) in [5.74, 6) is 1.75. The number of hydrogen-bond acceptors (Lipinski definition) is 4. The summed E-state index contributed by atoms with van der Waals surface area (Å²) in [6.07, 6.45) is 10.2. The molecule has 1 heterocycles. The van der Waals surface area contributed by atoms with Crippen LogP contribution in [0, 0.1) is 11.8 Å². The Balaban J connectivity index is 1.43. The maximum Gasteiger partial charge on any atom is 0.317 e. The second kappa shape index (κ2) is 8.50. The number of carbonyl (C=O) groups is 1. The number of hydrogen-bond donors (Lipinski definition) is 5. The number of carbonyl (C=O) groups excluding carboxylic acids is 1. The van der Waals surface area contributed by atoms with Crippen LogP contribution in [-0.4, -0.2) is 37.1 Å². The zero-order valence-corrected chi connectivity index (χ0v) is 15.2. The predicted octanol–water partition coefficient (Wildman–Crippen LogP) is 1.84. The van der Waals surface area contributed by atoms with E-state index in [-0.39, 0.29) is 18.5 Å². The van der Waals surface area contributed by atoms with Crippen LogP contribution in [0.4, 0.5) is 4.79 Å². The standard InChI is InChI=1S/C18H35N5O/c1-3-19-16-10-12(2)20-17(22-16)23-18(24)21-15-9-8-13-6-4-5-7-14(13)11-15/h12-17,19-20,22H,3-11H2,1-2H3,(H2,21,23,24). The van der Waals surface area contributed by atoms with Crippen molar-refractivity contribution in [1.29, 1.82) is 0 Å². The molecule has 0 aromatic heterocycles. The molecule has 0 spiro atoms. The van der Waals surface area contributed by atoms with Crippen LogP contribution >= 0.6 is 0 Å². The summed E-state index contributed by atoms with van der Waals surface area (Å²) in [6.45, 7) is 5.18. The Morgan fingerprint density at radius 3 is 2.58 bits per heavy atom. The summed E-state index contributed by atoms with van der Waals surface area (Å²) in [5.41, 5.74) is 0. The van der Waals surface area contributed by atoms with Gasteiger partial charge >= 0.3 is 6.03 Å². The van der Waals surface area contributed by atoms with E-state index in [9.17, 15) is 4.79 Å². The predicted molar refractivity (Wildman–Crippen MR) is 96.4 cm³/mol. The molecule has 1 aliphatic heterocycles. The number of fused-ring (bicyclic) bond motifs is 1. The van der Waals surface area contributed by atoms with Gasteiger partial charge in [-0.2, -0.15) is 0 Å². The van der Waals surface area contributed by atoms with Crippen LogP contribution in [0.5, 0.6) is 0 Å². The highest BCUT2D eigenvalue weighted by molar-refractivity contribution is 5.74. The summed E-state index contributed by atoms with van der Waals surface area (Å²) in [5, 5.41) is 16.5. The van der Waals surface area contributed by atoms with Crippen molar-refractivity contribution in [2.75, 3.05) is 6.54 Å². The lowest BCUT2D eigenvalue weighted by molar-refractivity contribution is 0.141. The van der Waals surface area contributed by atoms with Gasteiger partial charge in [0, 0.05) is 12.1 Å². The molecule has 3 aliphatic rings. The average molecular weight is 338 g/mol. The number of nitrogens with one attached hydrogen (secondary N) is 5. The Morgan fingerprint density at radius 2 is 1.79 bits per heavy atom. The SMILES string of the molecule is CCNC1CC(C)NC(NC(=O)NC2CCC3CCCCC3C2)N1. The Bertz CT molecular complexity index is 418. The van der Waals surface area contributed by atoms with E-state index in [4.69, 9.17) is 0 Å². The maximum absolute atomic E-state index is 12.4. The van der Waals surface area contributed by atoms with Crippen molar-refractivity contribution in [2.45, 2.75) is 89.8 Å². The molecule has 2 aliphatic carbocycles. The van der Waals surface area contributed by atoms with Gasteiger partial charge in [-0.15, -0.1) is 0 Å². The first-order valence-corrected chi connectivity index (χ1v) is 9.96. The van der Waals surface area contributed by atoms with Crippen LogP contribution in [0.3, 0.4) is 0 Å². The third kappa shape index (κ3) is 4.83. The first kappa shape index (κ1) is 18.0. The lowest BCUT2D eigenvalue weighted by Gasteiger charge is -2.40. The third-order valence-electron chi connectivity index (χ3n) is 6.01. The van der Waals surface area contributed by atoms with E-state index in [1.165, 1.54) is 38.5 Å². The maximum atomic E-state index is 12.4. The van der Waals surface area contributed by atoms with Crippen molar-refractivity contribution < 1.29 is 4.79 Å². The first-order valence-electron chi connectivity index (χ1n) is 9.96. The van der Waals surface area contributed by atoms with Crippen LogP contribution in [0.2, 0.25) is 0 Å². The Morgan fingerprint density at radius 1 is 1.00 bits per heavy atom. The fraction of sp³-hybridized carbons (Fsp3) is 0.944. The number of urea groups is 1. The van der Waals surface area contributed by atoms with Gasteiger partial charge in [0.05, 0.1) is 6.17 Å². The first-order chi connectivity index (χ1) is 11.6. The highest BCUT2D eigenvalue weighted by atomic mass is 16.2. The van der Waals surface area contributed by atoms with E-state index in [0.717, 1.165) is 31.2 Å². The van der Waals surface area contributed by atoms with Crippen LogP contribution in [-0.2, 0) is 0 Å². The number of amides is 2. The van der Waals surface area contributed by atoms with Crippen molar-refractivity contribution in [3.63, 3.8) is 0 Å². The minimum atomic E-state index is -0.177. The Labute approximate surface area is 146 Å². The van der Waals surface area contributed by atoms with Crippen molar-refractivity contribution >= 4 is 6.03 Å². The van der Waals surface area contributed by atoms with E-state index >= 15 is 0 Å². The minimum absolute atomic E-state index is 0.0522. The molecule has 3 rings (SSSR count). The van der Waals surface area contributed by atoms with Crippen LogP contribution < -0.4 is 26.6 Å². The van der Waals surface area contributed by atoms with Gasteiger partial charge in [0.25, 0.3) is 0 Å². The molecule has 5 N–H and O–H groups in total. The number of rotatable bonds is 4. The molecule has 138 valence electrons. The quantitative estimate of drug-likeness (QED) is 0.542. The average Bonchev–Trinajstić information content (AvgIpc) is 2.54. The Hall–Kier alpha value is -0.850. The van der Waals surface area contributed by atoms with Gasteiger partial charge in [0.2, 0.25) is 0 Å². The highest BCUT2D eigenvalue weighted by Gasteiger charge is 2.33. The molecular formula is C18H35N5O. The van der Waals surface area contributed by atoms with Crippen molar-refractivity contribution in [3.8, 4) is 0 Å². The smallest absolute Gasteiger partial charge is 0.317 e. The van der Waals surface area contributed by atoms with E-state index in [1.807, 2.05) is 0 Å². The molecule has 6 unspecified atom stereocenters. The summed E-state index contributed by atoms with van der Waals surface area (Å²) in [6, 6.07) is 0.664. The van der Waals surface area contributed by atoms with Crippen LogP contribution in [0.25, 0.3) is 0 Å². The van der Waals surface area contributed by atoms with Gasteiger partial charge in [-0.3, -0.25) is 10.6 Å². The molecule has 6 atom stereocenters. The molecule has 6 heteroatoms. The second-order valence-corrected chi connectivity index (χ2v) is 7.95. The van der Waals surface area contributed by atoms with Crippen LogP contribution in [0.15, 0.2) is 0 Å². The van der Waals surface area contributed by atoms with Gasteiger partial charge in [-0.25, -0.2) is 4.79 Å². The fourth-order valence-corrected chi connectivity index (χ4v) is 4.86. The largest absolute Gasteiger partial charge is 0.335 e. The fourth-order valence-electron chi connectivity index (χ4n) is 4.86. The molecule has 0 aromatic rings. The minimum Gasteiger partial charge on any atom is -0.335 e. The second-order valence-electron chi connectivity index (χ2n) is 7.95. The molecule has 0 aromatic carbocycles. The molecule has 1 saturated heterocycles. The molecule has 6 nitrogen and oxygen atoms in total. The van der Waals surface area contributed by atoms with Crippen molar-refractivity contribution in [1.82, 2.24) is 26.6 Å². The summed E-state index contributed by atoms with van der Waals surface area (Å²) < 4.78 is 0. The molecule has 0 bridgehead atoms. The third-order valence-corrected chi connectivity index (χ3v) is 6.01. The lowest BCUT2D eigenvalue weighted by atomic mass is 9.69. The molecule has 2 saturated carbocycles. The van der Waals surface area contributed by atoms with Gasteiger partial charge in [0.1, 0.15) is 6.29 Å². The van der Waals surface area contributed by atoms with Crippen molar-refractivity contribution in [2.24, 2.45) is 11.8 Å². The molecule has 3 fully saturated rings. The van der Waals surface area contributed by atoms with Gasteiger partial charge < -0.3 is 16.0 Å². The summed E-state index contributed by atoms with van der Waals surface area (Å²) >= 11 is 0. The van der Waals surface area contributed by atoms with Crippen LogP contribution in [0.1, 0.15) is 65.2 Å². The van der Waals surface area contributed by atoms with Gasteiger partial charge in [-0.1, -0.05) is 32.6 Å². The molecular weight excluding hydrogens is 302 g/mol. The van der Waals surface area contributed by atoms with Gasteiger partial charge in [-0.05, 0) is 51.0 Å². The lowest BCUT2D eigenvalue weighted by Crippen LogP contribution is -2.68. The molecule has 2 amide bonds. The van der Waals surface area contributed by atoms with E-state index in [1.54, 1.807) is 0 Å². The zero-order valence-electron chi connectivity index (χ0n) is 15.2. The normalized spacial score (nSPS) is 39.8. The van der Waals surface area contributed by atoms with Crippen molar-refractivity contribution in [3.05, 3.63) is 0 Å². The molecule has 0 radical (unpaired) electrons.